The van der Waals surface area contributed by atoms with Crippen LogP contribution in [0, 0.1) is 16.0 Å². The van der Waals surface area contributed by atoms with Crippen molar-refractivity contribution in [3.05, 3.63) is 38.9 Å². The highest BCUT2D eigenvalue weighted by Crippen LogP contribution is 2.32. The number of rotatable bonds is 5. The van der Waals surface area contributed by atoms with E-state index >= 15 is 0 Å². The molecule has 98 valence electrons. The molecule has 1 aliphatic carbocycles. The summed E-state index contributed by atoms with van der Waals surface area (Å²) < 4.78 is 5.62. The maximum atomic E-state index is 10.9. The van der Waals surface area contributed by atoms with Gasteiger partial charge in [-0.1, -0.05) is 17.7 Å². The van der Waals surface area contributed by atoms with Crippen LogP contribution in [0.15, 0.2) is 18.2 Å². The zero-order valence-electron chi connectivity index (χ0n) is 9.84. The van der Waals surface area contributed by atoms with Gasteiger partial charge in [-0.25, -0.2) is 0 Å². The molecule has 0 saturated heterocycles. The standard InChI is InChI=1S/C12H15ClN2O3/c13-11-2-1-3-12(15(16)17)10(11)7-18-9-4-8(5-9)6-14/h1-3,8-9H,4-7,14H2. The van der Waals surface area contributed by atoms with Gasteiger partial charge in [0.15, 0.2) is 0 Å². The van der Waals surface area contributed by atoms with Crippen molar-refractivity contribution in [3.63, 3.8) is 0 Å². The highest BCUT2D eigenvalue weighted by atomic mass is 35.5. The molecule has 6 heteroatoms. The van der Waals surface area contributed by atoms with Gasteiger partial charge >= 0.3 is 0 Å². The minimum atomic E-state index is -0.436. The predicted octanol–water partition coefficient (Wildman–Crippen LogP) is 2.50. The Labute approximate surface area is 110 Å². The van der Waals surface area contributed by atoms with E-state index in [2.05, 4.69) is 0 Å². The fourth-order valence-corrected chi connectivity index (χ4v) is 2.29. The molecule has 1 aromatic carbocycles. The summed E-state index contributed by atoms with van der Waals surface area (Å²) in [7, 11) is 0. The topological polar surface area (TPSA) is 78.4 Å². The fourth-order valence-electron chi connectivity index (χ4n) is 2.07. The summed E-state index contributed by atoms with van der Waals surface area (Å²) in [6.45, 7) is 0.851. The molecular formula is C12H15ClN2O3. The third-order valence-electron chi connectivity index (χ3n) is 3.28. The van der Waals surface area contributed by atoms with E-state index in [1.165, 1.54) is 6.07 Å². The van der Waals surface area contributed by atoms with Crippen LogP contribution in [0.25, 0.3) is 0 Å². The van der Waals surface area contributed by atoms with Gasteiger partial charge in [-0.15, -0.1) is 0 Å². The summed E-state index contributed by atoms with van der Waals surface area (Å²) >= 11 is 5.97. The van der Waals surface area contributed by atoms with Crippen LogP contribution < -0.4 is 5.73 Å². The lowest BCUT2D eigenvalue weighted by Crippen LogP contribution is -2.35. The lowest BCUT2D eigenvalue weighted by atomic mass is 9.82. The molecule has 0 spiro atoms. The molecule has 2 N–H and O–H groups in total. The summed E-state index contributed by atoms with van der Waals surface area (Å²) in [6, 6.07) is 4.64. The molecular weight excluding hydrogens is 256 g/mol. The lowest BCUT2D eigenvalue weighted by molar-refractivity contribution is -0.386. The first kappa shape index (κ1) is 13.3. The maximum Gasteiger partial charge on any atom is 0.276 e. The summed E-state index contributed by atoms with van der Waals surface area (Å²) in [6.07, 6.45) is 2.00. The van der Waals surface area contributed by atoms with E-state index < -0.39 is 4.92 Å². The number of nitrogens with zero attached hydrogens (tertiary/aromatic N) is 1. The third kappa shape index (κ3) is 2.80. The first-order valence-corrected chi connectivity index (χ1v) is 6.23. The van der Waals surface area contributed by atoms with Crippen LogP contribution in [0.4, 0.5) is 5.69 Å². The van der Waals surface area contributed by atoms with Crippen LogP contribution in [0.1, 0.15) is 18.4 Å². The average Bonchev–Trinajstić information content (AvgIpc) is 2.28. The van der Waals surface area contributed by atoms with Crippen molar-refractivity contribution in [1.29, 1.82) is 0 Å². The highest BCUT2D eigenvalue weighted by molar-refractivity contribution is 6.31. The van der Waals surface area contributed by atoms with Crippen molar-refractivity contribution in [3.8, 4) is 0 Å². The first-order valence-electron chi connectivity index (χ1n) is 5.85. The van der Waals surface area contributed by atoms with Crippen molar-refractivity contribution in [2.24, 2.45) is 11.7 Å². The second kappa shape index (κ2) is 5.65. The molecule has 0 unspecified atom stereocenters. The number of nitro benzene ring substituents is 1. The predicted molar refractivity (Wildman–Crippen MR) is 68.5 cm³/mol. The van der Waals surface area contributed by atoms with Crippen LogP contribution in [0.3, 0.4) is 0 Å². The molecule has 18 heavy (non-hydrogen) atoms. The molecule has 1 saturated carbocycles. The highest BCUT2D eigenvalue weighted by Gasteiger charge is 2.29. The lowest BCUT2D eigenvalue weighted by Gasteiger charge is -2.34. The molecule has 5 nitrogen and oxygen atoms in total. The van der Waals surface area contributed by atoms with Crippen molar-refractivity contribution < 1.29 is 9.66 Å². The van der Waals surface area contributed by atoms with E-state index in [1.807, 2.05) is 0 Å². The maximum absolute atomic E-state index is 10.9. The van der Waals surface area contributed by atoms with Crippen LogP contribution in [-0.4, -0.2) is 17.6 Å². The number of halogens is 1. The van der Waals surface area contributed by atoms with Gasteiger partial charge in [0, 0.05) is 6.07 Å². The summed E-state index contributed by atoms with van der Waals surface area (Å²) in [5.41, 5.74) is 5.98. The largest absolute Gasteiger partial charge is 0.373 e. The Morgan fingerprint density at radius 1 is 1.50 bits per heavy atom. The number of ether oxygens (including phenoxy) is 1. The van der Waals surface area contributed by atoms with Crippen LogP contribution in [0.2, 0.25) is 5.02 Å². The summed E-state index contributed by atoms with van der Waals surface area (Å²) in [5, 5.41) is 11.2. The Morgan fingerprint density at radius 2 is 2.22 bits per heavy atom. The van der Waals surface area contributed by atoms with Crippen molar-refractivity contribution in [1.82, 2.24) is 0 Å². The van der Waals surface area contributed by atoms with Gasteiger partial charge < -0.3 is 10.5 Å². The van der Waals surface area contributed by atoms with Gasteiger partial charge in [-0.3, -0.25) is 10.1 Å². The molecule has 0 aromatic heterocycles. The monoisotopic (exact) mass is 270 g/mol. The number of benzene rings is 1. The molecule has 0 radical (unpaired) electrons. The van der Waals surface area contributed by atoms with E-state index in [4.69, 9.17) is 22.1 Å². The smallest absolute Gasteiger partial charge is 0.276 e. The Hall–Kier alpha value is -1.17. The Morgan fingerprint density at radius 3 is 2.83 bits per heavy atom. The van der Waals surface area contributed by atoms with Crippen molar-refractivity contribution in [2.75, 3.05) is 6.54 Å². The second-order valence-electron chi connectivity index (χ2n) is 4.50. The normalized spacial score (nSPS) is 22.6. The zero-order valence-corrected chi connectivity index (χ0v) is 10.6. The molecule has 1 fully saturated rings. The zero-order chi connectivity index (χ0) is 13.1. The Balaban J connectivity index is 1.99. The number of hydrogen-bond donors (Lipinski definition) is 1. The van der Waals surface area contributed by atoms with Crippen molar-refractivity contribution >= 4 is 17.3 Å². The van der Waals surface area contributed by atoms with Gasteiger partial charge in [0.05, 0.1) is 28.2 Å². The minimum Gasteiger partial charge on any atom is -0.373 e. The SMILES string of the molecule is NCC1CC(OCc2c(Cl)cccc2[N+](=O)[O-])C1. The third-order valence-corrected chi connectivity index (χ3v) is 3.63. The van der Waals surface area contributed by atoms with E-state index in [1.54, 1.807) is 12.1 Å². The number of nitrogens with two attached hydrogens (primary N) is 1. The minimum absolute atomic E-state index is 0.0113. The summed E-state index contributed by atoms with van der Waals surface area (Å²) in [4.78, 5) is 10.4. The van der Waals surface area contributed by atoms with Crippen LogP contribution >= 0.6 is 11.6 Å². The van der Waals surface area contributed by atoms with Crippen LogP contribution in [-0.2, 0) is 11.3 Å². The molecule has 1 aromatic rings. The fraction of sp³-hybridized carbons (Fsp3) is 0.500. The molecule has 1 aliphatic rings. The van der Waals surface area contributed by atoms with E-state index in [0.29, 0.717) is 23.0 Å². The van der Waals surface area contributed by atoms with Gasteiger partial charge in [0.25, 0.3) is 5.69 Å². The molecule has 2 rings (SSSR count). The van der Waals surface area contributed by atoms with E-state index in [0.717, 1.165) is 12.8 Å². The molecule has 0 bridgehead atoms. The first-order chi connectivity index (χ1) is 8.61. The second-order valence-corrected chi connectivity index (χ2v) is 4.91. The number of nitro groups is 1. The molecule has 0 heterocycles. The van der Waals surface area contributed by atoms with Gasteiger partial charge in [-0.2, -0.15) is 0 Å². The van der Waals surface area contributed by atoms with E-state index in [9.17, 15) is 10.1 Å². The molecule has 0 aliphatic heterocycles. The van der Waals surface area contributed by atoms with Gasteiger partial charge in [0.2, 0.25) is 0 Å². The van der Waals surface area contributed by atoms with Crippen molar-refractivity contribution in [2.45, 2.75) is 25.6 Å². The van der Waals surface area contributed by atoms with Crippen LogP contribution in [0.5, 0.6) is 0 Å². The van der Waals surface area contributed by atoms with Gasteiger partial charge in [0.1, 0.15) is 0 Å². The quantitative estimate of drug-likeness (QED) is 0.659. The molecule has 0 amide bonds. The molecule has 0 atom stereocenters. The Bertz CT molecular complexity index is 447. The average molecular weight is 271 g/mol. The number of hydrogen-bond acceptors (Lipinski definition) is 4. The summed E-state index contributed by atoms with van der Waals surface area (Å²) in [5.74, 6) is 0.524. The van der Waals surface area contributed by atoms with Gasteiger partial charge in [-0.05, 0) is 31.4 Å². The Kier molecular flexibility index (Phi) is 4.16. The van der Waals surface area contributed by atoms with E-state index in [-0.39, 0.29) is 18.4 Å².